The van der Waals surface area contributed by atoms with E-state index in [0.29, 0.717) is 13.1 Å². The number of nitrogens with zero attached hydrogens (tertiary/aromatic N) is 1. The Labute approximate surface area is 199 Å². The second-order valence-electron chi connectivity index (χ2n) is 8.57. The van der Waals surface area contributed by atoms with E-state index in [-0.39, 0.29) is 11.8 Å². The van der Waals surface area contributed by atoms with E-state index in [4.69, 9.17) is 4.42 Å². The van der Waals surface area contributed by atoms with E-state index in [2.05, 4.69) is 5.32 Å². The molecule has 0 saturated heterocycles. The largest absolute Gasteiger partial charge is 0.461 e. The Morgan fingerprint density at radius 2 is 1.50 bits per heavy atom. The first-order chi connectivity index (χ1) is 16.6. The first kappa shape index (κ1) is 21.7. The van der Waals surface area contributed by atoms with Crippen LogP contribution in [0.25, 0.3) is 11.3 Å². The summed E-state index contributed by atoms with van der Waals surface area (Å²) in [6.45, 7) is 2.87. The van der Waals surface area contributed by atoms with Gasteiger partial charge < -0.3 is 14.6 Å². The summed E-state index contributed by atoms with van der Waals surface area (Å²) in [5.41, 5.74) is 4.61. The van der Waals surface area contributed by atoms with Gasteiger partial charge in [-0.15, -0.1) is 0 Å². The SMILES string of the molecule is CC(=O)N1CCc2oc(-c3ccc(NC(=O)C(c4ccccc4)c4ccccc4)cc3)cc2C1. The van der Waals surface area contributed by atoms with E-state index >= 15 is 0 Å². The van der Waals surface area contributed by atoms with E-state index in [1.165, 1.54) is 0 Å². The number of benzene rings is 3. The van der Waals surface area contributed by atoms with Crippen LogP contribution in [0.1, 0.15) is 35.3 Å². The molecule has 2 heterocycles. The van der Waals surface area contributed by atoms with Crippen LogP contribution in [0.2, 0.25) is 0 Å². The molecule has 5 nitrogen and oxygen atoms in total. The summed E-state index contributed by atoms with van der Waals surface area (Å²) in [4.78, 5) is 26.9. The van der Waals surface area contributed by atoms with Crippen LogP contribution in [0.15, 0.2) is 95.4 Å². The van der Waals surface area contributed by atoms with E-state index in [1.54, 1.807) is 6.92 Å². The molecule has 3 aromatic carbocycles. The average Bonchev–Trinajstić information content (AvgIpc) is 3.29. The molecule has 0 saturated carbocycles. The summed E-state index contributed by atoms with van der Waals surface area (Å²) < 4.78 is 6.07. The van der Waals surface area contributed by atoms with E-state index in [9.17, 15) is 9.59 Å². The molecule has 5 heteroatoms. The fourth-order valence-electron chi connectivity index (χ4n) is 4.46. The molecule has 2 amide bonds. The number of rotatable bonds is 5. The molecule has 0 atom stereocenters. The smallest absolute Gasteiger partial charge is 0.236 e. The molecule has 34 heavy (non-hydrogen) atoms. The highest BCUT2D eigenvalue weighted by molar-refractivity contribution is 5.98. The lowest BCUT2D eigenvalue weighted by atomic mass is 9.90. The number of anilines is 1. The van der Waals surface area contributed by atoms with Gasteiger partial charge in [-0.3, -0.25) is 9.59 Å². The molecule has 1 N–H and O–H groups in total. The predicted octanol–water partition coefficient (Wildman–Crippen LogP) is 5.62. The van der Waals surface area contributed by atoms with Crippen LogP contribution >= 0.6 is 0 Å². The van der Waals surface area contributed by atoms with Crippen molar-refractivity contribution in [3.8, 4) is 11.3 Å². The van der Waals surface area contributed by atoms with Gasteiger partial charge in [0.2, 0.25) is 11.8 Å². The van der Waals surface area contributed by atoms with Crippen LogP contribution in [-0.2, 0) is 22.6 Å². The highest BCUT2D eigenvalue weighted by atomic mass is 16.3. The van der Waals surface area contributed by atoms with Crippen molar-refractivity contribution in [2.75, 3.05) is 11.9 Å². The van der Waals surface area contributed by atoms with Gasteiger partial charge in [-0.1, -0.05) is 60.7 Å². The summed E-state index contributed by atoms with van der Waals surface area (Å²) in [6.07, 6.45) is 0.726. The molecule has 0 spiro atoms. The zero-order chi connectivity index (χ0) is 23.5. The normalized spacial score (nSPS) is 12.9. The quantitative estimate of drug-likeness (QED) is 0.429. The first-order valence-electron chi connectivity index (χ1n) is 11.5. The second-order valence-corrected chi connectivity index (χ2v) is 8.57. The van der Waals surface area contributed by atoms with Gasteiger partial charge in [0.05, 0.1) is 5.92 Å². The second kappa shape index (κ2) is 9.40. The number of carbonyl (C=O) groups excluding carboxylic acids is 2. The predicted molar refractivity (Wildman–Crippen MR) is 132 cm³/mol. The van der Waals surface area contributed by atoms with Crippen LogP contribution in [-0.4, -0.2) is 23.3 Å². The van der Waals surface area contributed by atoms with E-state index < -0.39 is 5.92 Å². The molecule has 4 aromatic rings. The van der Waals surface area contributed by atoms with Crippen molar-refractivity contribution in [1.82, 2.24) is 4.90 Å². The van der Waals surface area contributed by atoms with Crippen molar-refractivity contribution in [3.63, 3.8) is 0 Å². The molecule has 0 radical (unpaired) electrons. The van der Waals surface area contributed by atoms with Crippen LogP contribution in [0.3, 0.4) is 0 Å². The molecule has 0 bridgehead atoms. The number of carbonyl (C=O) groups is 2. The van der Waals surface area contributed by atoms with Gasteiger partial charge in [-0.2, -0.15) is 0 Å². The molecular formula is C29H26N2O3. The van der Waals surface area contributed by atoms with Gasteiger partial charge in [0.15, 0.2) is 0 Å². The number of fused-ring (bicyclic) bond motifs is 1. The van der Waals surface area contributed by atoms with Crippen LogP contribution < -0.4 is 5.32 Å². The Hall–Kier alpha value is -4.12. The van der Waals surface area contributed by atoms with Crippen molar-refractivity contribution in [2.45, 2.75) is 25.8 Å². The standard InChI is InChI=1S/C29H26N2O3/c1-20(32)31-17-16-26-24(19-31)18-27(34-26)21-12-14-25(15-13-21)30-29(33)28(22-8-4-2-5-9-22)23-10-6-3-7-11-23/h2-15,18,28H,16-17,19H2,1H3,(H,30,33). The molecule has 5 rings (SSSR count). The lowest BCUT2D eigenvalue weighted by molar-refractivity contribution is -0.129. The summed E-state index contributed by atoms with van der Waals surface area (Å²) in [6, 6.07) is 29.3. The van der Waals surface area contributed by atoms with Gasteiger partial charge in [-0.25, -0.2) is 0 Å². The summed E-state index contributed by atoms with van der Waals surface area (Å²) in [7, 11) is 0. The monoisotopic (exact) mass is 450 g/mol. The first-order valence-corrected chi connectivity index (χ1v) is 11.5. The van der Waals surface area contributed by atoms with Gasteiger partial charge in [0, 0.05) is 43.2 Å². The van der Waals surface area contributed by atoms with Crippen LogP contribution in [0, 0.1) is 0 Å². The van der Waals surface area contributed by atoms with Crippen LogP contribution in [0.5, 0.6) is 0 Å². The maximum Gasteiger partial charge on any atom is 0.236 e. The molecule has 0 aliphatic carbocycles. The number of nitrogens with one attached hydrogen (secondary N) is 1. The van der Waals surface area contributed by atoms with Crippen molar-refractivity contribution in [3.05, 3.63) is 113 Å². The lowest BCUT2D eigenvalue weighted by Gasteiger charge is -2.24. The maximum atomic E-state index is 13.3. The van der Waals surface area contributed by atoms with Crippen molar-refractivity contribution >= 4 is 17.5 Å². The van der Waals surface area contributed by atoms with Crippen molar-refractivity contribution in [2.24, 2.45) is 0 Å². The Bertz CT molecular complexity index is 1250. The molecular weight excluding hydrogens is 424 g/mol. The number of hydrogen-bond acceptors (Lipinski definition) is 3. The molecule has 1 aliphatic heterocycles. The highest BCUT2D eigenvalue weighted by Gasteiger charge is 2.24. The topological polar surface area (TPSA) is 62.6 Å². The molecule has 0 unspecified atom stereocenters. The molecule has 1 aromatic heterocycles. The number of furan rings is 1. The number of hydrogen-bond donors (Lipinski definition) is 1. The summed E-state index contributed by atoms with van der Waals surface area (Å²) >= 11 is 0. The van der Waals surface area contributed by atoms with Gasteiger partial charge in [0.1, 0.15) is 11.5 Å². The zero-order valence-corrected chi connectivity index (χ0v) is 19.0. The minimum atomic E-state index is -0.400. The minimum Gasteiger partial charge on any atom is -0.461 e. The Morgan fingerprint density at radius 1 is 0.882 bits per heavy atom. The minimum absolute atomic E-state index is 0.0806. The highest BCUT2D eigenvalue weighted by Crippen LogP contribution is 2.31. The summed E-state index contributed by atoms with van der Waals surface area (Å²) in [5.74, 6) is 1.32. The maximum absolute atomic E-state index is 13.3. The Morgan fingerprint density at radius 3 is 2.09 bits per heavy atom. The van der Waals surface area contributed by atoms with E-state index in [0.717, 1.165) is 45.9 Å². The average molecular weight is 451 g/mol. The third kappa shape index (κ3) is 4.50. The van der Waals surface area contributed by atoms with Gasteiger partial charge in [0.25, 0.3) is 0 Å². The van der Waals surface area contributed by atoms with Crippen molar-refractivity contribution < 1.29 is 14.0 Å². The fourth-order valence-corrected chi connectivity index (χ4v) is 4.46. The summed E-state index contributed by atoms with van der Waals surface area (Å²) in [5, 5.41) is 3.07. The zero-order valence-electron chi connectivity index (χ0n) is 19.0. The Kier molecular flexibility index (Phi) is 6.00. The third-order valence-corrected chi connectivity index (χ3v) is 6.28. The fraction of sp³-hybridized carbons (Fsp3) is 0.172. The lowest BCUT2D eigenvalue weighted by Crippen LogP contribution is -2.33. The van der Waals surface area contributed by atoms with Crippen molar-refractivity contribution in [1.29, 1.82) is 0 Å². The number of amides is 2. The molecule has 1 aliphatic rings. The van der Waals surface area contributed by atoms with Gasteiger partial charge >= 0.3 is 0 Å². The third-order valence-electron chi connectivity index (χ3n) is 6.28. The molecule has 170 valence electrons. The molecule has 0 fully saturated rings. The van der Waals surface area contributed by atoms with Crippen LogP contribution in [0.4, 0.5) is 5.69 Å². The Balaban J connectivity index is 1.34. The van der Waals surface area contributed by atoms with Gasteiger partial charge in [-0.05, 0) is 41.5 Å². The van der Waals surface area contributed by atoms with E-state index in [1.807, 2.05) is 95.9 Å².